The van der Waals surface area contributed by atoms with Crippen LogP contribution < -0.4 is 14.2 Å². The summed E-state index contributed by atoms with van der Waals surface area (Å²) in [4.78, 5) is 12.4. The number of carbonyl (C=O) groups excluding carboxylic acids is 1. The van der Waals surface area contributed by atoms with Crippen LogP contribution in [0.1, 0.15) is 15.9 Å². The zero-order chi connectivity index (χ0) is 18.4. The van der Waals surface area contributed by atoms with Crippen LogP contribution in [0.25, 0.3) is 6.08 Å². The molecule has 0 aliphatic carbocycles. The first-order valence-corrected chi connectivity index (χ1v) is 7.51. The number of hydrogen-bond acceptors (Lipinski definition) is 4. The predicted molar refractivity (Wildman–Crippen MR) is 91.0 cm³/mol. The third-order valence-electron chi connectivity index (χ3n) is 3.27. The van der Waals surface area contributed by atoms with Gasteiger partial charge in [0.2, 0.25) is 0 Å². The molecule has 0 N–H and O–H groups in total. The predicted octanol–water partition coefficient (Wildman–Crippen LogP) is 4.85. The molecular weight excluding hydrogens is 354 g/mol. The highest BCUT2D eigenvalue weighted by Crippen LogP contribution is 2.33. The third-order valence-corrected chi connectivity index (χ3v) is 3.57. The quantitative estimate of drug-likeness (QED) is 0.517. The topological polar surface area (TPSA) is 44.8 Å². The van der Waals surface area contributed by atoms with Gasteiger partial charge in [-0.2, -0.15) is 8.78 Å². The molecule has 2 aromatic rings. The molecule has 0 unspecified atom stereocenters. The van der Waals surface area contributed by atoms with Gasteiger partial charge in [-0.15, -0.1) is 0 Å². The van der Waals surface area contributed by atoms with Crippen molar-refractivity contribution in [1.82, 2.24) is 0 Å². The van der Waals surface area contributed by atoms with Crippen LogP contribution in [0.3, 0.4) is 0 Å². The van der Waals surface area contributed by atoms with Gasteiger partial charge in [0.1, 0.15) is 17.2 Å². The molecule has 0 aliphatic rings. The van der Waals surface area contributed by atoms with Crippen molar-refractivity contribution in [2.75, 3.05) is 14.2 Å². The first kappa shape index (κ1) is 18.7. The summed E-state index contributed by atoms with van der Waals surface area (Å²) >= 11 is 6.05. The van der Waals surface area contributed by atoms with Gasteiger partial charge in [-0.05, 0) is 29.8 Å². The van der Waals surface area contributed by atoms with Crippen LogP contribution in [-0.2, 0) is 0 Å². The molecule has 0 saturated heterocycles. The lowest BCUT2D eigenvalue weighted by Crippen LogP contribution is -2.01. The normalized spacial score (nSPS) is 11.0. The highest BCUT2D eigenvalue weighted by Gasteiger charge is 2.14. The molecule has 7 heteroatoms. The van der Waals surface area contributed by atoms with Crippen molar-refractivity contribution >= 4 is 23.5 Å². The Balaban J connectivity index is 2.18. The summed E-state index contributed by atoms with van der Waals surface area (Å²) in [5, 5.41) is 0.286. The van der Waals surface area contributed by atoms with Crippen molar-refractivity contribution in [3.8, 4) is 17.2 Å². The average molecular weight is 369 g/mol. The van der Waals surface area contributed by atoms with Crippen molar-refractivity contribution in [3.63, 3.8) is 0 Å². The minimum absolute atomic E-state index is 0.0436. The van der Waals surface area contributed by atoms with Gasteiger partial charge in [0, 0.05) is 6.07 Å². The maximum absolute atomic E-state index is 12.4. The number of hydrogen-bond donors (Lipinski definition) is 0. The average Bonchev–Trinajstić information content (AvgIpc) is 2.60. The Kier molecular flexibility index (Phi) is 6.36. The van der Waals surface area contributed by atoms with E-state index in [0.717, 1.165) is 0 Å². The van der Waals surface area contributed by atoms with E-state index in [4.69, 9.17) is 21.1 Å². The fraction of sp³-hybridized carbons (Fsp3) is 0.167. The second-order valence-electron chi connectivity index (χ2n) is 4.83. The van der Waals surface area contributed by atoms with Gasteiger partial charge in [0.15, 0.2) is 5.78 Å². The number of allylic oxidation sites excluding steroid dienone is 1. The first-order valence-electron chi connectivity index (χ1n) is 7.13. The van der Waals surface area contributed by atoms with Crippen molar-refractivity contribution in [1.29, 1.82) is 0 Å². The highest BCUT2D eigenvalue weighted by atomic mass is 35.5. The van der Waals surface area contributed by atoms with Crippen molar-refractivity contribution in [2.45, 2.75) is 6.61 Å². The van der Waals surface area contributed by atoms with Crippen LogP contribution in [0.4, 0.5) is 8.78 Å². The van der Waals surface area contributed by atoms with Gasteiger partial charge < -0.3 is 14.2 Å². The lowest BCUT2D eigenvalue weighted by Gasteiger charge is -2.10. The smallest absolute Gasteiger partial charge is 0.387 e. The molecule has 0 saturated carbocycles. The van der Waals surface area contributed by atoms with Gasteiger partial charge >= 0.3 is 6.61 Å². The number of methoxy groups -OCH3 is 2. The largest absolute Gasteiger partial charge is 0.496 e. The van der Waals surface area contributed by atoms with Crippen molar-refractivity contribution in [2.24, 2.45) is 0 Å². The van der Waals surface area contributed by atoms with E-state index in [2.05, 4.69) is 4.74 Å². The van der Waals surface area contributed by atoms with Gasteiger partial charge in [-0.1, -0.05) is 29.8 Å². The number of halogens is 3. The number of rotatable bonds is 7. The molecule has 0 atom stereocenters. The molecule has 132 valence electrons. The Morgan fingerprint density at radius 3 is 2.28 bits per heavy atom. The summed E-state index contributed by atoms with van der Waals surface area (Å²) in [7, 11) is 2.90. The number of ether oxygens (including phenoxy) is 3. The van der Waals surface area contributed by atoms with Crippen LogP contribution in [0, 0.1) is 0 Å². The van der Waals surface area contributed by atoms with Gasteiger partial charge in [-0.25, -0.2) is 0 Å². The monoisotopic (exact) mass is 368 g/mol. The van der Waals surface area contributed by atoms with E-state index in [-0.39, 0.29) is 22.1 Å². The van der Waals surface area contributed by atoms with Crippen LogP contribution >= 0.6 is 11.6 Å². The molecule has 0 heterocycles. The van der Waals surface area contributed by atoms with Crippen LogP contribution in [0.15, 0.2) is 42.5 Å². The molecule has 2 aromatic carbocycles. The Morgan fingerprint density at radius 1 is 1.08 bits per heavy atom. The molecular formula is C18H15ClF2O4. The van der Waals surface area contributed by atoms with E-state index in [9.17, 15) is 13.6 Å². The maximum Gasteiger partial charge on any atom is 0.387 e. The van der Waals surface area contributed by atoms with Gasteiger partial charge in [0.25, 0.3) is 0 Å². The van der Waals surface area contributed by atoms with Crippen LogP contribution in [0.2, 0.25) is 5.02 Å². The number of benzene rings is 2. The van der Waals surface area contributed by atoms with E-state index in [1.807, 2.05) is 0 Å². The number of carbonyl (C=O) groups is 1. The van der Waals surface area contributed by atoms with Crippen molar-refractivity contribution < 1.29 is 27.8 Å². The fourth-order valence-corrected chi connectivity index (χ4v) is 2.32. The van der Waals surface area contributed by atoms with Crippen molar-refractivity contribution in [3.05, 3.63) is 58.6 Å². The Bertz CT molecular complexity index is 773. The third kappa shape index (κ3) is 4.93. The van der Waals surface area contributed by atoms with E-state index in [1.165, 1.54) is 44.6 Å². The second kappa shape index (κ2) is 8.48. The minimum atomic E-state index is -2.88. The first-order chi connectivity index (χ1) is 11.9. The zero-order valence-corrected chi connectivity index (χ0v) is 14.2. The van der Waals surface area contributed by atoms with Gasteiger partial charge in [-0.3, -0.25) is 4.79 Å². The summed E-state index contributed by atoms with van der Waals surface area (Å²) in [6.07, 6.45) is 2.88. The molecule has 4 nitrogen and oxygen atoms in total. The van der Waals surface area contributed by atoms with E-state index in [1.54, 1.807) is 18.2 Å². The molecule has 0 fully saturated rings. The Morgan fingerprint density at radius 2 is 1.72 bits per heavy atom. The van der Waals surface area contributed by atoms with E-state index in [0.29, 0.717) is 17.1 Å². The molecule has 0 radical (unpaired) electrons. The molecule has 0 aromatic heterocycles. The molecule has 0 aliphatic heterocycles. The summed E-state index contributed by atoms with van der Waals surface area (Å²) in [6.45, 7) is -2.88. The van der Waals surface area contributed by atoms with E-state index < -0.39 is 6.61 Å². The SMILES string of the molecule is COc1cc(OC)c(C(=O)/C=C/c2ccc(OC(F)F)cc2)cc1Cl. The standard InChI is InChI=1S/C18H15ClF2O4/c1-23-16-10-17(24-2)14(19)9-13(16)15(22)8-5-11-3-6-12(7-4-11)25-18(20)21/h3-10,18H,1-2H3/b8-5+. The maximum atomic E-state index is 12.4. The molecule has 25 heavy (non-hydrogen) atoms. The summed E-state index contributed by atoms with van der Waals surface area (Å²) < 4.78 is 38.7. The van der Waals surface area contributed by atoms with E-state index >= 15 is 0 Å². The number of alkyl halides is 2. The van der Waals surface area contributed by atoms with Crippen LogP contribution in [-0.4, -0.2) is 26.6 Å². The van der Waals surface area contributed by atoms with Gasteiger partial charge in [0.05, 0.1) is 24.8 Å². The molecule has 0 spiro atoms. The summed E-state index contributed by atoms with van der Waals surface area (Å²) in [5.41, 5.74) is 0.927. The molecule has 0 amide bonds. The fourth-order valence-electron chi connectivity index (χ4n) is 2.07. The Hall–Kier alpha value is -2.60. The Labute approximate surface area is 148 Å². The number of ketones is 1. The summed E-state index contributed by atoms with van der Waals surface area (Å²) in [6, 6.07) is 8.88. The lowest BCUT2D eigenvalue weighted by atomic mass is 10.1. The zero-order valence-electron chi connectivity index (χ0n) is 13.5. The van der Waals surface area contributed by atoms with Crippen LogP contribution in [0.5, 0.6) is 17.2 Å². The lowest BCUT2D eigenvalue weighted by molar-refractivity contribution is -0.0498. The minimum Gasteiger partial charge on any atom is -0.496 e. The highest BCUT2D eigenvalue weighted by molar-refractivity contribution is 6.32. The molecule has 2 rings (SSSR count). The summed E-state index contributed by atoms with van der Waals surface area (Å²) in [5.74, 6) is 0.446. The second-order valence-corrected chi connectivity index (χ2v) is 5.24. The molecule has 0 bridgehead atoms.